The molecule has 0 spiro atoms. The Morgan fingerprint density at radius 3 is 2.53 bits per heavy atom. The van der Waals surface area contributed by atoms with Crippen molar-refractivity contribution in [3.8, 4) is 0 Å². The van der Waals surface area contributed by atoms with Crippen molar-refractivity contribution < 1.29 is 9.47 Å². The summed E-state index contributed by atoms with van der Waals surface area (Å²) in [5, 5.41) is 3.51. The van der Waals surface area contributed by atoms with Gasteiger partial charge in [-0.1, -0.05) is 31.2 Å². The summed E-state index contributed by atoms with van der Waals surface area (Å²) in [6.07, 6.45) is 1.23. The van der Waals surface area contributed by atoms with E-state index in [2.05, 4.69) is 43.4 Å². The molecule has 2 atom stereocenters. The Hall–Kier alpha value is -0.900. The maximum Gasteiger partial charge on any atom is 0.163 e. The molecule has 106 valence electrons. The molecule has 0 radical (unpaired) electrons. The minimum absolute atomic E-state index is 0.146. The van der Waals surface area contributed by atoms with E-state index in [9.17, 15) is 0 Å². The van der Waals surface area contributed by atoms with Gasteiger partial charge in [-0.05, 0) is 38.3 Å². The summed E-state index contributed by atoms with van der Waals surface area (Å²) in [6, 6.07) is 9.13. The zero-order chi connectivity index (χ0) is 13.9. The number of rotatable bonds is 5. The van der Waals surface area contributed by atoms with Crippen LogP contribution in [-0.2, 0) is 15.9 Å². The largest absolute Gasteiger partial charge is 0.348 e. The summed E-state index contributed by atoms with van der Waals surface area (Å²) < 4.78 is 11.3. The first kappa shape index (κ1) is 14.5. The van der Waals surface area contributed by atoms with Crippen molar-refractivity contribution in [2.24, 2.45) is 0 Å². The second-order valence-electron chi connectivity index (χ2n) is 5.68. The van der Waals surface area contributed by atoms with Gasteiger partial charge < -0.3 is 14.8 Å². The fraction of sp³-hybridized carbons (Fsp3) is 0.625. The first-order valence-electron chi connectivity index (χ1n) is 7.14. The zero-order valence-electron chi connectivity index (χ0n) is 12.4. The lowest BCUT2D eigenvalue weighted by Gasteiger charge is -2.19. The third-order valence-corrected chi connectivity index (χ3v) is 3.61. The molecule has 1 aliphatic rings. The lowest BCUT2D eigenvalue weighted by Crippen LogP contribution is -2.32. The maximum absolute atomic E-state index is 5.79. The topological polar surface area (TPSA) is 30.5 Å². The molecule has 0 bridgehead atoms. The Bertz CT molecular complexity index is 400. The summed E-state index contributed by atoms with van der Waals surface area (Å²) in [4.78, 5) is 0. The van der Waals surface area contributed by atoms with Crippen LogP contribution in [0.2, 0.25) is 0 Å². The van der Waals surface area contributed by atoms with Crippen LogP contribution in [0.4, 0.5) is 0 Å². The van der Waals surface area contributed by atoms with Crippen LogP contribution in [-0.4, -0.2) is 25.0 Å². The van der Waals surface area contributed by atoms with Crippen molar-refractivity contribution in [3.05, 3.63) is 35.4 Å². The normalized spacial score (nSPS) is 23.5. The fourth-order valence-corrected chi connectivity index (χ4v) is 2.33. The van der Waals surface area contributed by atoms with Gasteiger partial charge in [0.2, 0.25) is 0 Å². The standard InChI is InChI=1S/C16H25NO2/c1-5-13-6-8-14(9-7-13)12(2)17-10-15-11-18-16(3,4)19-15/h6-9,12,15,17H,5,10-11H2,1-4H3. The van der Waals surface area contributed by atoms with E-state index in [0.717, 1.165) is 13.0 Å². The van der Waals surface area contributed by atoms with Crippen LogP contribution in [0.3, 0.4) is 0 Å². The number of hydrogen-bond acceptors (Lipinski definition) is 3. The second kappa shape index (κ2) is 6.04. The lowest BCUT2D eigenvalue weighted by atomic mass is 10.0. The van der Waals surface area contributed by atoms with Crippen molar-refractivity contribution in [3.63, 3.8) is 0 Å². The molecule has 3 nitrogen and oxygen atoms in total. The summed E-state index contributed by atoms with van der Waals surface area (Å²) in [5.74, 6) is -0.432. The van der Waals surface area contributed by atoms with Crippen LogP contribution in [0, 0.1) is 0 Å². The van der Waals surface area contributed by atoms with Gasteiger partial charge in [0.15, 0.2) is 5.79 Å². The number of nitrogens with one attached hydrogen (secondary N) is 1. The van der Waals surface area contributed by atoms with E-state index < -0.39 is 5.79 Å². The first-order chi connectivity index (χ1) is 9.00. The summed E-state index contributed by atoms with van der Waals surface area (Å²) in [6.45, 7) is 9.76. The predicted molar refractivity (Wildman–Crippen MR) is 77.1 cm³/mol. The quantitative estimate of drug-likeness (QED) is 0.885. The van der Waals surface area contributed by atoms with Crippen LogP contribution < -0.4 is 5.32 Å². The molecule has 1 saturated heterocycles. The smallest absolute Gasteiger partial charge is 0.163 e. The predicted octanol–water partition coefficient (Wildman–Crippen LogP) is 3.05. The molecule has 3 heteroatoms. The van der Waals surface area contributed by atoms with E-state index in [1.54, 1.807) is 0 Å². The Morgan fingerprint density at radius 2 is 2.00 bits per heavy atom. The van der Waals surface area contributed by atoms with Crippen LogP contribution in [0.15, 0.2) is 24.3 Å². The minimum atomic E-state index is -0.432. The number of hydrogen-bond donors (Lipinski definition) is 1. The average molecular weight is 263 g/mol. The van der Waals surface area contributed by atoms with E-state index in [0.29, 0.717) is 12.6 Å². The summed E-state index contributed by atoms with van der Waals surface area (Å²) in [5.41, 5.74) is 2.70. The number of ether oxygens (including phenoxy) is 2. The van der Waals surface area contributed by atoms with Gasteiger partial charge in [0.1, 0.15) is 0 Å². The number of benzene rings is 1. The van der Waals surface area contributed by atoms with E-state index in [1.807, 2.05) is 13.8 Å². The van der Waals surface area contributed by atoms with E-state index >= 15 is 0 Å². The van der Waals surface area contributed by atoms with Crippen molar-refractivity contribution in [2.45, 2.75) is 52.0 Å². The molecule has 1 aromatic rings. The molecular weight excluding hydrogens is 238 g/mol. The van der Waals surface area contributed by atoms with Crippen LogP contribution in [0.5, 0.6) is 0 Å². The molecule has 0 saturated carbocycles. The highest BCUT2D eigenvalue weighted by Crippen LogP contribution is 2.22. The molecule has 2 rings (SSSR count). The van der Waals surface area contributed by atoms with Crippen molar-refractivity contribution in [2.75, 3.05) is 13.2 Å². The molecule has 1 aliphatic heterocycles. The Morgan fingerprint density at radius 1 is 1.32 bits per heavy atom. The molecule has 1 heterocycles. The van der Waals surface area contributed by atoms with Crippen LogP contribution in [0.25, 0.3) is 0 Å². The third-order valence-electron chi connectivity index (χ3n) is 3.61. The highest BCUT2D eigenvalue weighted by Gasteiger charge is 2.32. The van der Waals surface area contributed by atoms with Gasteiger partial charge in [0, 0.05) is 12.6 Å². The summed E-state index contributed by atoms with van der Waals surface area (Å²) >= 11 is 0. The number of aryl methyl sites for hydroxylation is 1. The summed E-state index contributed by atoms with van der Waals surface area (Å²) in [7, 11) is 0. The Kier molecular flexibility index (Phi) is 4.61. The molecule has 0 aromatic heterocycles. The van der Waals surface area contributed by atoms with Gasteiger partial charge >= 0.3 is 0 Å². The van der Waals surface area contributed by atoms with Crippen molar-refractivity contribution in [1.29, 1.82) is 0 Å². The lowest BCUT2D eigenvalue weighted by molar-refractivity contribution is -0.137. The molecule has 1 N–H and O–H groups in total. The monoisotopic (exact) mass is 263 g/mol. The Balaban J connectivity index is 1.82. The molecule has 0 aliphatic carbocycles. The molecule has 0 amide bonds. The second-order valence-corrected chi connectivity index (χ2v) is 5.68. The maximum atomic E-state index is 5.79. The van der Waals surface area contributed by atoms with E-state index in [-0.39, 0.29) is 6.10 Å². The van der Waals surface area contributed by atoms with Crippen LogP contribution >= 0.6 is 0 Å². The van der Waals surface area contributed by atoms with Crippen molar-refractivity contribution >= 4 is 0 Å². The van der Waals surface area contributed by atoms with Gasteiger partial charge in [-0.2, -0.15) is 0 Å². The molecule has 1 aromatic carbocycles. The average Bonchev–Trinajstić information content (AvgIpc) is 2.76. The van der Waals surface area contributed by atoms with E-state index in [4.69, 9.17) is 9.47 Å². The van der Waals surface area contributed by atoms with Gasteiger partial charge in [0.25, 0.3) is 0 Å². The van der Waals surface area contributed by atoms with E-state index in [1.165, 1.54) is 11.1 Å². The van der Waals surface area contributed by atoms with Crippen molar-refractivity contribution in [1.82, 2.24) is 5.32 Å². The molecule has 1 fully saturated rings. The van der Waals surface area contributed by atoms with Gasteiger partial charge in [0.05, 0.1) is 12.7 Å². The molecule has 2 unspecified atom stereocenters. The van der Waals surface area contributed by atoms with Gasteiger partial charge in [-0.25, -0.2) is 0 Å². The van der Waals surface area contributed by atoms with Gasteiger partial charge in [-0.3, -0.25) is 0 Å². The minimum Gasteiger partial charge on any atom is -0.348 e. The Labute approximate surface area is 116 Å². The highest BCUT2D eigenvalue weighted by atomic mass is 16.7. The fourth-order valence-electron chi connectivity index (χ4n) is 2.33. The zero-order valence-corrected chi connectivity index (χ0v) is 12.4. The SMILES string of the molecule is CCc1ccc(C(C)NCC2COC(C)(C)O2)cc1. The highest BCUT2D eigenvalue weighted by molar-refractivity contribution is 5.24. The van der Waals surface area contributed by atoms with Gasteiger partial charge in [-0.15, -0.1) is 0 Å². The van der Waals surface area contributed by atoms with Crippen LogP contribution in [0.1, 0.15) is 44.9 Å². The molecular formula is C16H25NO2. The molecule has 19 heavy (non-hydrogen) atoms. The first-order valence-corrected chi connectivity index (χ1v) is 7.14. The third kappa shape index (κ3) is 4.03.